The fraction of sp³-hybridized carbons (Fsp3) is 0.385. The zero-order valence-corrected chi connectivity index (χ0v) is 11.2. The molecule has 1 atom stereocenters. The van der Waals surface area contributed by atoms with E-state index in [4.69, 9.17) is 0 Å². The van der Waals surface area contributed by atoms with E-state index < -0.39 is 0 Å². The van der Waals surface area contributed by atoms with Crippen LogP contribution >= 0.6 is 11.5 Å². The quantitative estimate of drug-likeness (QED) is 0.902. The Morgan fingerprint density at radius 2 is 2.24 bits per heavy atom. The van der Waals surface area contributed by atoms with Crippen molar-refractivity contribution in [3.8, 4) is 0 Å². The van der Waals surface area contributed by atoms with Crippen LogP contribution in [0.25, 0.3) is 0 Å². The van der Waals surface area contributed by atoms with Gasteiger partial charge in [0, 0.05) is 0 Å². The third-order valence-electron chi connectivity index (χ3n) is 2.85. The number of hydrogen-bond donors (Lipinski definition) is 1. The van der Waals surface area contributed by atoms with Crippen molar-refractivity contribution in [1.82, 2.24) is 14.9 Å². The predicted octanol–water partition coefficient (Wildman–Crippen LogP) is 2.72. The lowest BCUT2D eigenvalue weighted by atomic mass is 10.0. The highest BCUT2D eigenvalue weighted by Gasteiger charge is 2.18. The van der Waals surface area contributed by atoms with Crippen molar-refractivity contribution >= 4 is 11.5 Å². The molecule has 17 heavy (non-hydrogen) atoms. The lowest BCUT2D eigenvalue weighted by Crippen LogP contribution is -2.18. The third kappa shape index (κ3) is 2.53. The molecule has 0 fully saturated rings. The van der Waals surface area contributed by atoms with Crippen molar-refractivity contribution in [3.05, 3.63) is 46.0 Å². The van der Waals surface area contributed by atoms with Crippen molar-refractivity contribution < 1.29 is 0 Å². The van der Waals surface area contributed by atoms with Gasteiger partial charge < -0.3 is 5.32 Å². The number of aromatic nitrogens is 2. The summed E-state index contributed by atoms with van der Waals surface area (Å²) in [5.41, 5.74) is 3.64. The van der Waals surface area contributed by atoms with Gasteiger partial charge in [0.2, 0.25) is 0 Å². The molecule has 90 valence electrons. The van der Waals surface area contributed by atoms with E-state index in [2.05, 4.69) is 53.0 Å². The van der Waals surface area contributed by atoms with Crippen LogP contribution in [0.2, 0.25) is 0 Å². The first-order chi connectivity index (χ1) is 8.26. The molecule has 0 saturated heterocycles. The van der Waals surface area contributed by atoms with Gasteiger partial charge in [-0.3, -0.25) is 0 Å². The summed E-state index contributed by atoms with van der Waals surface area (Å²) in [4.78, 5) is 1.22. The van der Waals surface area contributed by atoms with E-state index in [0.29, 0.717) is 0 Å². The van der Waals surface area contributed by atoms with Crippen molar-refractivity contribution in [1.29, 1.82) is 0 Å². The van der Waals surface area contributed by atoms with Crippen molar-refractivity contribution in [2.75, 3.05) is 7.05 Å². The fourth-order valence-corrected chi connectivity index (χ4v) is 2.86. The van der Waals surface area contributed by atoms with Gasteiger partial charge in [-0.15, -0.1) is 5.10 Å². The van der Waals surface area contributed by atoms with E-state index in [9.17, 15) is 0 Å². The van der Waals surface area contributed by atoms with Gasteiger partial charge in [-0.2, -0.15) is 0 Å². The Labute approximate surface area is 106 Å². The van der Waals surface area contributed by atoms with Crippen molar-refractivity contribution in [3.63, 3.8) is 0 Å². The summed E-state index contributed by atoms with van der Waals surface area (Å²) < 4.78 is 4.06. The van der Waals surface area contributed by atoms with Crippen LogP contribution in [0.3, 0.4) is 0 Å². The molecule has 4 heteroatoms. The summed E-state index contributed by atoms with van der Waals surface area (Å²) in [6.07, 6.45) is 0.926. The van der Waals surface area contributed by atoms with Crippen LogP contribution in [-0.2, 0) is 6.42 Å². The third-order valence-corrected chi connectivity index (χ3v) is 3.68. The Morgan fingerprint density at radius 1 is 1.41 bits per heavy atom. The highest BCUT2D eigenvalue weighted by atomic mass is 32.1. The molecule has 0 aliphatic heterocycles. The molecule has 0 amide bonds. The van der Waals surface area contributed by atoms with Crippen molar-refractivity contribution in [2.24, 2.45) is 0 Å². The second-order valence-electron chi connectivity index (χ2n) is 4.07. The molecule has 0 aliphatic rings. The Balaban J connectivity index is 2.40. The summed E-state index contributed by atoms with van der Waals surface area (Å²) in [6, 6.07) is 8.76. The van der Waals surface area contributed by atoms with Gasteiger partial charge in [-0.1, -0.05) is 41.2 Å². The number of hydrogen-bond acceptors (Lipinski definition) is 4. The molecule has 0 bridgehead atoms. The molecular weight excluding hydrogens is 230 g/mol. The zero-order chi connectivity index (χ0) is 12.3. The highest BCUT2D eigenvalue weighted by molar-refractivity contribution is 7.05. The molecule has 0 aliphatic carbocycles. The molecule has 2 aromatic rings. The van der Waals surface area contributed by atoms with Gasteiger partial charge >= 0.3 is 0 Å². The summed E-state index contributed by atoms with van der Waals surface area (Å²) in [6.45, 7) is 4.23. The van der Waals surface area contributed by atoms with Crippen LogP contribution in [0.15, 0.2) is 24.3 Å². The Bertz CT molecular complexity index is 493. The van der Waals surface area contributed by atoms with Crippen LogP contribution < -0.4 is 5.32 Å². The van der Waals surface area contributed by atoms with Gasteiger partial charge in [0.25, 0.3) is 0 Å². The maximum Gasteiger partial charge on any atom is 0.0804 e. The van der Waals surface area contributed by atoms with Gasteiger partial charge in [0.15, 0.2) is 0 Å². The lowest BCUT2D eigenvalue weighted by Gasteiger charge is -2.16. The minimum atomic E-state index is 0.199. The van der Waals surface area contributed by atoms with Crippen LogP contribution in [0.1, 0.15) is 34.7 Å². The van der Waals surface area contributed by atoms with E-state index in [1.807, 2.05) is 7.05 Å². The van der Waals surface area contributed by atoms with Crippen LogP contribution in [0, 0.1) is 6.92 Å². The molecule has 1 aromatic carbocycles. The summed E-state index contributed by atoms with van der Waals surface area (Å²) in [7, 11) is 1.98. The molecule has 0 radical (unpaired) electrons. The van der Waals surface area contributed by atoms with Gasteiger partial charge in [-0.05, 0) is 37.5 Å². The minimum absolute atomic E-state index is 0.199. The second-order valence-corrected chi connectivity index (χ2v) is 4.86. The molecule has 0 spiro atoms. The Hall–Kier alpha value is -1.26. The number of aryl methyl sites for hydroxylation is 2. The average molecular weight is 247 g/mol. The Kier molecular flexibility index (Phi) is 3.86. The predicted molar refractivity (Wildman–Crippen MR) is 71.4 cm³/mol. The molecule has 1 heterocycles. The first kappa shape index (κ1) is 12.2. The highest BCUT2D eigenvalue weighted by Crippen LogP contribution is 2.27. The smallest absolute Gasteiger partial charge is 0.0804 e. The SMILES string of the molecule is CCc1nnsc1C(NC)c1cccc(C)c1. The van der Waals surface area contributed by atoms with Gasteiger partial charge in [0.05, 0.1) is 16.6 Å². The zero-order valence-electron chi connectivity index (χ0n) is 10.4. The van der Waals surface area contributed by atoms with Crippen LogP contribution in [-0.4, -0.2) is 16.6 Å². The molecule has 2 rings (SSSR count). The number of nitrogens with one attached hydrogen (secondary N) is 1. The topological polar surface area (TPSA) is 37.8 Å². The molecule has 1 aromatic heterocycles. The van der Waals surface area contributed by atoms with Gasteiger partial charge in [-0.25, -0.2) is 0 Å². The molecular formula is C13H17N3S. The maximum absolute atomic E-state index is 4.18. The van der Waals surface area contributed by atoms with E-state index in [1.165, 1.54) is 27.5 Å². The van der Waals surface area contributed by atoms with E-state index in [0.717, 1.165) is 12.1 Å². The van der Waals surface area contributed by atoms with E-state index in [-0.39, 0.29) is 6.04 Å². The standard InChI is InChI=1S/C13H17N3S/c1-4-11-13(17-16-15-11)12(14-3)10-7-5-6-9(2)8-10/h5-8,12,14H,4H2,1-3H3. The number of rotatable bonds is 4. The minimum Gasteiger partial charge on any atom is -0.309 e. The Morgan fingerprint density at radius 3 is 2.88 bits per heavy atom. The average Bonchev–Trinajstić information content (AvgIpc) is 2.78. The molecule has 0 saturated carbocycles. The number of nitrogens with zero attached hydrogens (tertiary/aromatic N) is 2. The molecule has 3 nitrogen and oxygen atoms in total. The lowest BCUT2D eigenvalue weighted by molar-refractivity contribution is 0.692. The van der Waals surface area contributed by atoms with E-state index in [1.54, 1.807) is 0 Å². The monoisotopic (exact) mass is 247 g/mol. The summed E-state index contributed by atoms with van der Waals surface area (Å²) in [5, 5.41) is 7.53. The number of benzene rings is 1. The van der Waals surface area contributed by atoms with Crippen molar-refractivity contribution in [2.45, 2.75) is 26.3 Å². The summed E-state index contributed by atoms with van der Waals surface area (Å²) >= 11 is 1.48. The first-order valence-electron chi connectivity index (χ1n) is 5.81. The van der Waals surface area contributed by atoms with Crippen LogP contribution in [0.5, 0.6) is 0 Å². The fourth-order valence-electron chi connectivity index (χ4n) is 1.98. The summed E-state index contributed by atoms with van der Waals surface area (Å²) in [5.74, 6) is 0. The molecule has 1 unspecified atom stereocenters. The van der Waals surface area contributed by atoms with Crippen LogP contribution in [0.4, 0.5) is 0 Å². The maximum atomic E-state index is 4.18. The first-order valence-corrected chi connectivity index (χ1v) is 6.58. The second kappa shape index (κ2) is 5.38. The molecule has 1 N–H and O–H groups in total. The largest absolute Gasteiger partial charge is 0.309 e. The van der Waals surface area contributed by atoms with Gasteiger partial charge in [0.1, 0.15) is 0 Å². The van der Waals surface area contributed by atoms with E-state index >= 15 is 0 Å². The normalized spacial score (nSPS) is 12.6.